The van der Waals surface area contributed by atoms with E-state index < -0.39 is 29.0 Å². The standard InChI is InChI=1S/C22H29NO6/c1-2-3-4-5-6-7-14-8-10-15(11-9-14)23-18-21(28)19(26)16(12-13-17(24)25)20(27)22(18)29/h8-11,23,26-29H,2-7,12-13H2,1H3,(H,24,25). The third-order valence-corrected chi connectivity index (χ3v) is 4.88. The minimum atomic E-state index is -1.13. The second-order valence-electron chi connectivity index (χ2n) is 7.13. The van der Waals surface area contributed by atoms with Crippen molar-refractivity contribution >= 4 is 17.3 Å². The first-order chi connectivity index (χ1) is 13.8. The lowest BCUT2D eigenvalue weighted by atomic mass is 10.0. The summed E-state index contributed by atoms with van der Waals surface area (Å²) in [6.45, 7) is 2.18. The maximum atomic E-state index is 10.7. The van der Waals surface area contributed by atoms with Crippen molar-refractivity contribution < 1.29 is 30.3 Å². The zero-order valence-electron chi connectivity index (χ0n) is 16.6. The molecule has 158 valence electrons. The van der Waals surface area contributed by atoms with Crippen LogP contribution >= 0.6 is 0 Å². The predicted molar refractivity (Wildman–Crippen MR) is 111 cm³/mol. The summed E-state index contributed by atoms with van der Waals surface area (Å²) in [5.74, 6) is -3.75. The molecule has 0 aliphatic rings. The van der Waals surface area contributed by atoms with Crippen LogP contribution in [0.3, 0.4) is 0 Å². The molecule has 0 amide bonds. The van der Waals surface area contributed by atoms with Gasteiger partial charge < -0.3 is 30.8 Å². The van der Waals surface area contributed by atoms with Gasteiger partial charge in [0.2, 0.25) is 0 Å². The number of unbranched alkanes of at least 4 members (excludes halogenated alkanes) is 4. The molecule has 0 saturated carbocycles. The van der Waals surface area contributed by atoms with Crippen LogP contribution in [0.4, 0.5) is 11.4 Å². The Morgan fingerprint density at radius 3 is 1.97 bits per heavy atom. The van der Waals surface area contributed by atoms with Crippen molar-refractivity contribution in [2.75, 3.05) is 5.32 Å². The van der Waals surface area contributed by atoms with E-state index in [0.29, 0.717) is 5.69 Å². The number of hydrogen-bond acceptors (Lipinski definition) is 6. The minimum absolute atomic E-state index is 0.216. The van der Waals surface area contributed by atoms with E-state index >= 15 is 0 Å². The van der Waals surface area contributed by atoms with E-state index in [4.69, 9.17) is 5.11 Å². The second kappa shape index (κ2) is 10.5. The van der Waals surface area contributed by atoms with Crippen molar-refractivity contribution in [3.8, 4) is 23.0 Å². The Morgan fingerprint density at radius 1 is 0.828 bits per heavy atom. The van der Waals surface area contributed by atoms with Gasteiger partial charge in [-0.1, -0.05) is 44.7 Å². The number of anilines is 2. The van der Waals surface area contributed by atoms with E-state index in [9.17, 15) is 25.2 Å². The molecular weight excluding hydrogens is 374 g/mol. The molecule has 0 aliphatic heterocycles. The lowest BCUT2D eigenvalue weighted by molar-refractivity contribution is -0.136. The molecule has 6 N–H and O–H groups in total. The van der Waals surface area contributed by atoms with Gasteiger partial charge in [-0.25, -0.2) is 0 Å². The SMILES string of the molecule is CCCCCCCc1ccc(Nc2c(O)c(O)c(CCC(=O)O)c(O)c2O)cc1. The van der Waals surface area contributed by atoms with Crippen molar-refractivity contribution in [1.82, 2.24) is 0 Å². The number of carboxylic acid groups (broad SMARTS) is 1. The molecule has 0 fully saturated rings. The number of aliphatic carboxylic acids is 1. The quantitative estimate of drug-likeness (QED) is 0.181. The highest BCUT2D eigenvalue weighted by molar-refractivity contribution is 5.81. The number of hydrogen-bond donors (Lipinski definition) is 6. The summed E-state index contributed by atoms with van der Waals surface area (Å²) in [6.07, 6.45) is 6.39. The lowest BCUT2D eigenvalue weighted by Gasteiger charge is -2.16. The molecule has 7 nitrogen and oxygen atoms in total. The number of phenols is 4. The Hall–Kier alpha value is -3.09. The van der Waals surface area contributed by atoms with Crippen LogP contribution < -0.4 is 5.32 Å². The first kappa shape index (κ1) is 22.2. The molecule has 0 heterocycles. The van der Waals surface area contributed by atoms with Crippen molar-refractivity contribution in [3.05, 3.63) is 35.4 Å². The molecule has 0 unspecified atom stereocenters. The molecule has 0 aromatic heterocycles. The molecule has 29 heavy (non-hydrogen) atoms. The zero-order valence-corrected chi connectivity index (χ0v) is 16.6. The Labute approximate surface area is 170 Å². The Balaban J connectivity index is 2.10. The van der Waals surface area contributed by atoms with Gasteiger partial charge in [-0.3, -0.25) is 4.79 Å². The predicted octanol–water partition coefficient (Wildman–Crippen LogP) is 4.78. The fraction of sp³-hybridized carbons (Fsp3) is 0.409. The average Bonchev–Trinajstić information content (AvgIpc) is 2.70. The molecule has 7 heteroatoms. The van der Waals surface area contributed by atoms with Crippen molar-refractivity contribution in [2.24, 2.45) is 0 Å². The number of carboxylic acids is 1. The van der Waals surface area contributed by atoms with Crippen molar-refractivity contribution in [1.29, 1.82) is 0 Å². The fourth-order valence-corrected chi connectivity index (χ4v) is 3.17. The van der Waals surface area contributed by atoms with Gasteiger partial charge in [-0.15, -0.1) is 0 Å². The van der Waals surface area contributed by atoms with Crippen molar-refractivity contribution in [2.45, 2.75) is 58.3 Å². The molecule has 0 saturated heterocycles. The van der Waals surface area contributed by atoms with Gasteiger partial charge >= 0.3 is 5.97 Å². The summed E-state index contributed by atoms with van der Waals surface area (Å²) in [5.41, 5.74) is 1.27. The summed E-state index contributed by atoms with van der Waals surface area (Å²) in [5, 5.41) is 52.2. The van der Waals surface area contributed by atoms with Gasteiger partial charge in [0.25, 0.3) is 0 Å². The molecule has 2 aromatic rings. The highest BCUT2D eigenvalue weighted by Crippen LogP contribution is 2.51. The number of carbonyl (C=O) groups is 1. The largest absolute Gasteiger partial charge is 0.504 e. The van der Waals surface area contributed by atoms with Crippen LogP contribution in [0.15, 0.2) is 24.3 Å². The summed E-state index contributed by atoms with van der Waals surface area (Å²) in [4.78, 5) is 10.7. The molecule has 0 aliphatic carbocycles. The van der Waals surface area contributed by atoms with E-state index in [1.54, 1.807) is 12.1 Å². The first-order valence-electron chi connectivity index (χ1n) is 9.91. The van der Waals surface area contributed by atoms with Gasteiger partial charge in [-0.2, -0.15) is 0 Å². The number of rotatable bonds is 11. The average molecular weight is 403 g/mol. The minimum Gasteiger partial charge on any atom is -0.504 e. The highest BCUT2D eigenvalue weighted by Gasteiger charge is 2.24. The van der Waals surface area contributed by atoms with Gasteiger partial charge in [-0.05, 0) is 37.0 Å². The molecular formula is C22H29NO6. The van der Waals surface area contributed by atoms with Gasteiger partial charge in [0.15, 0.2) is 23.0 Å². The fourth-order valence-electron chi connectivity index (χ4n) is 3.17. The molecule has 0 spiro atoms. The van der Waals surface area contributed by atoms with Crippen LogP contribution in [-0.2, 0) is 17.6 Å². The van der Waals surface area contributed by atoms with E-state index in [2.05, 4.69) is 12.2 Å². The summed E-state index contributed by atoms with van der Waals surface area (Å²) in [7, 11) is 0. The Bertz CT molecular complexity index is 803. The van der Waals surface area contributed by atoms with E-state index in [1.165, 1.54) is 31.2 Å². The molecule has 0 bridgehead atoms. The maximum Gasteiger partial charge on any atom is 0.303 e. The summed E-state index contributed by atoms with van der Waals surface area (Å²) in [6, 6.07) is 7.45. The van der Waals surface area contributed by atoms with Crippen LogP contribution in [0.25, 0.3) is 0 Å². The zero-order chi connectivity index (χ0) is 21.4. The number of aromatic hydroxyl groups is 4. The highest BCUT2D eigenvalue weighted by atomic mass is 16.4. The second-order valence-corrected chi connectivity index (χ2v) is 7.13. The third kappa shape index (κ3) is 5.94. The normalized spacial score (nSPS) is 10.8. The molecule has 0 radical (unpaired) electrons. The first-order valence-corrected chi connectivity index (χ1v) is 9.91. The monoisotopic (exact) mass is 403 g/mol. The summed E-state index contributed by atoms with van der Waals surface area (Å²) < 4.78 is 0. The van der Waals surface area contributed by atoms with Crippen LogP contribution in [-0.4, -0.2) is 31.5 Å². The smallest absolute Gasteiger partial charge is 0.303 e. The van der Waals surface area contributed by atoms with E-state index in [1.807, 2.05) is 12.1 Å². The van der Waals surface area contributed by atoms with E-state index in [-0.39, 0.29) is 24.1 Å². The maximum absolute atomic E-state index is 10.7. The third-order valence-electron chi connectivity index (χ3n) is 4.88. The lowest BCUT2D eigenvalue weighted by Crippen LogP contribution is -2.00. The number of benzene rings is 2. The van der Waals surface area contributed by atoms with Gasteiger partial charge in [0, 0.05) is 17.7 Å². The van der Waals surface area contributed by atoms with Gasteiger partial charge in [0.05, 0.1) is 0 Å². The van der Waals surface area contributed by atoms with Crippen LogP contribution in [0.1, 0.15) is 56.6 Å². The van der Waals surface area contributed by atoms with E-state index in [0.717, 1.165) is 12.8 Å². The molecule has 2 aromatic carbocycles. The van der Waals surface area contributed by atoms with Crippen LogP contribution in [0, 0.1) is 0 Å². The molecule has 2 rings (SSSR count). The number of aryl methyl sites for hydroxylation is 1. The summed E-state index contributed by atoms with van der Waals surface area (Å²) >= 11 is 0. The van der Waals surface area contributed by atoms with Crippen LogP contribution in [0.2, 0.25) is 0 Å². The van der Waals surface area contributed by atoms with Crippen LogP contribution in [0.5, 0.6) is 23.0 Å². The number of phenolic OH excluding ortho intramolecular Hbond substituents is 4. The Morgan fingerprint density at radius 2 is 1.41 bits per heavy atom. The topological polar surface area (TPSA) is 130 Å². The Kier molecular flexibility index (Phi) is 8.00. The number of nitrogens with one attached hydrogen (secondary N) is 1. The van der Waals surface area contributed by atoms with Gasteiger partial charge in [0.1, 0.15) is 5.69 Å². The van der Waals surface area contributed by atoms with Crippen molar-refractivity contribution in [3.63, 3.8) is 0 Å². The molecule has 0 atom stereocenters.